The highest BCUT2D eigenvalue weighted by atomic mass is 32.2. The third-order valence-corrected chi connectivity index (χ3v) is 9.80. The summed E-state index contributed by atoms with van der Waals surface area (Å²) >= 11 is 3.27. The van der Waals surface area contributed by atoms with Crippen molar-refractivity contribution in [1.82, 2.24) is 45.1 Å². The largest absolute Gasteiger partial charge is 0.477 e. The molecule has 0 spiro atoms. The number of tetrazole rings is 1. The van der Waals surface area contributed by atoms with Gasteiger partial charge in [0.25, 0.3) is 11.8 Å². The standard InChI is InChI=1S/C28H39N11O9S3/c1-6-7-11-46-24(44)14(2)48-34-16(19-32-25(29)51-35-19)20(40)31-17-21(41)39-18(23(42)43)15(12-49-22(17)39)13-50-26-33-36-37-38(26)10-8-9-30-27(45)47-28(3,4)5/h14,17,22H,6-13H2,1-5H3,(H,30,45)(H,31,40)(H,42,43)(H2,29,32,35)/t14?,17?,22-/m0/s1. The summed E-state index contributed by atoms with van der Waals surface area (Å²) in [4.78, 5) is 73.6. The number of hydrogen-bond acceptors (Lipinski definition) is 18. The van der Waals surface area contributed by atoms with E-state index in [1.54, 1.807) is 20.8 Å². The number of fused-ring (bicyclic) bond motifs is 1. The number of rotatable bonds is 17. The molecule has 0 aliphatic carbocycles. The highest BCUT2D eigenvalue weighted by Crippen LogP contribution is 2.41. The van der Waals surface area contributed by atoms with Gasteiger partial charge >= 0.3 is 18.0 Å². The molecular formula is C28H39N11O9S3. The Labute approximate surface area is 304 Å². The number of esters is 1. The number of unbranched alkanes of at least 4 members (excludes halogenated alkanes) is 1. The van der Waals surface area contributed by atoms with E-state index in [0.717, 1.165) is 22.9 Å². The average Bonchev–Trinajstić information content (AvgIpc) is 3.71. The first-order valence-electron chi connectivity index (χ1n) is 15.8. The predicted molar refractivity (Wildman–Crippen MR) is 184 cm³/mol. The summed E-state index contributed by atoms with van der Waals surface area (Å²) in [6.45, 7) is 9.54. The number of aryl methyl sites for hydroxylation is 1. The highest BCUT2D eigenvalue weighted by molar-refractivity contribution is 8.01. The fraction of sp³-hybridized carbons (Fsp3) is 0.607. The molecule has 4 heterocycles. The van der Waals surface area contributed by atoms with Crippen molar-refractivity contribution in [3.8, 4) is 0 Å². The number of aliphatic carboxylic acids is 1. The van der Waals surface area contributed by atoms with Crippen molar-refractivity contribution in [2.24, 2.45) is 5.16 Å². The lowest BCUT2D eigenvalue weighted by atomic mass is 10.0. The zero-order chi connectivity index (χ0) is 37.3. The van der Waals surface area contributed by atoms with Crippen molar-refractivity contribution >= 4 is 75.7 Å². The van der Waals surface area contributed by atoms with Crippen LogP contribution in [0.5, 0.6) is 0 Å². The summed E-state index contributed by atoms with van der Waals surface area (Å²) < 4.78 is 15.9. The number of anilines is 1. The van der Waals surface area contributed by atoms with Gasteiger partial charge in [0.2, 0.25) is 22.8 Å². The minimum absolute atomic E-state index is 0.0390. The number of amides is 3. The number of β-lactam (4-membered cyclic amide) rings is 1. The first-order valence-corrected chi connectivity index (χ1v) is 18.6. The molecule has 2 unspecified atom stereocenters. The molecule has 2 aromatic heterocycles. The van der Waals surface area contributed by atoms with Crippen molar-refractivity contribution in [1.29, 1.82) is 0 Å². The third kappa shape index (κ3) is 10.5. The second-order valence-electron chi connectivity index (χ2n) is 12.0. The second-order valence-corrected chi connectivity index (χ2v) is 14.9. The fourth-order valence-corrected chi connectivity index (χ4v) is 7.28. The summed E-state index contributed by atoms with van der Waals surface area (Å²) in [5, 5.41) is 30.6. The molecule has 5 N–H and O–H groups in total. The van der Waals surface area contributed by atoms with E-state index in [2.05, 4.69) is 40.7 Å². The smallest absolute Gasteiger partial charge is 0.407 e. The van der Waals surface area contributed by atoms with Gasteiger partial charge in [0.1, 0.15) is 22.7 Å². The van der Waals surface area contributed by atoms with E-state index in [4.69, 9.17) is 20.0 Å². The molecule has 0 radical (unpaired) electrons. The Bertz CT molecular complexity index is 1670. The molecular weight excluding hydrogens is 731 g/mol. The number of thioether (sulfide) groups is 2. The lowest BCUT2D eigenvalue weighted by Gasteiger charge is -2.49. The number of carbonyl (C=O) groups excluding carboxylic acids is 4. The normalized spacial score (nSPS) is 18.0. The van der Waals surface area contributed by atoms with E-state index in [-0.39, 0.29) is 34.8 Å². The summed E-state index contributed by atoms with van der Waals surface area (Å²) in [6, 6.07) is -1.11. The number of hydrogen-bond donors (Lipinski definition) is 4. The van der Waals surface area contributed by atoms with Crippen molar-refractivity contribution < 1.29 is 43.4 Å². The molecule has 23 heteroatoms. The zero-order valence-electron chi connectivity index (χ0n) is 28.5. The van der Waals surface area contributed by atoms with Crippen molar-refractivity contribution in [3.05, 3.63) is 17.1 Å². The summed E-state index contributed by atoms with van der Waals surface area (Å²) in [5.74, 6) is -3.32. The molecule has 2 aliphatic rings. The quantitative estimate of drug-likeness (QED) is 0.0436. The molecule has 0 aromatic carbocycles. The Balaban J connectivity index is 1.38. The van der Waals surface area contributed by atoms with Crippen LogP contribution >= 0.6 is 35.1 Å². The Morgan fingerprint density at radius 1 is 1.24 bits per heavy atom. The minimum atomic E-state index is -1.31. The number of nitrogens with one attached hydrogen (secondary N) is 2. The zero-order valence-corrected chi connectivity index (χ0v) is 30.9. The van der Waals surface area contributed by atoms with Crippen molar-refractivity contribution in [2.45, 2.75) is 88.7 Å². The van der Waals surface area contributed by atoms with Crippen LogP contribution in [0.4, 0.5) is 9.93 Å². The number of oxime groups is 1. The second kappa shape index (κ2) is 17.6. The molecule has 278 valence electrons. The molecule has 2 aliphatic heterocycles. The Morgan fingerprint density at radius 3 is 2.67 bits per heavy atom. The number of nitrogens with two attached hydrogens (primary N) is 1. The lowest BCUT2D eigenvalue weighted by molar-refractivity contribution is -0.156. The Kier molecular flexibility index (Phi) is 13.6. The van der Waals surface area contributed by atoms with E-state index < -0.39 is 58.7 Å². The number of alkyl carbamates (subject to hydrolysis) is 1. The predicted octanol–water partition coefficient (Wildman–Crippen LogP) is 1.01. The van der Waals surface area contributed by atoms with Crippen LogP contribution in [0.25, 0.3) is 0 Å². The molecule has 0 saturated carbocycles. The van der Waals surface area contributed by atoms with Crippen LogP contribution in [0.2, 0.25) is 0 Å². The number of carboxylic acids is 1. The molecule has 0 bridgehead atoms. The van der Waals surface area contributed by atoms with Gasteiger partial charge in [-0.15, -0.1) is 16.9 Å². The van der Waals surface area contributed by atoms with E-state index in [0.29, 0.717) is 36.7 Å². The molecule has 1 saturated heterocycles. The first-order chi connectivity index (χ1) is 24.2. The van der Waals surface area contributed by atoms with Crippen molar-refractivity contribution in [2.75, 3.05) is 30.4 Å². The van der Waals surface area contributed by atoms with Crippen molar-refractivity contribution in [3.63, 3.8) is 0 Å². The van der Waals surface area contributed by atoms with Gasteiger partial charge in [0.15, 0.2) is 5.13 Å². The fourth-order valence-electron chi connectivity index (χ4n) is 4.45. The number of aromatic nitrogens is 6. The molecule has 3 amide bonds. The van der Waals surface area contributed by atoms with E-state index >= 15 is 0 Å². The van der Waals surface area contributed by atoms with Gasteiger partial charge in [-0.3, -0.25) is 14.5 Å². The number of nitrogen functional groups attached to an aromatic ring is 1. The van der Waals surface area contributed by atoms with E-state index in [9.17, 15) is 29.1 Å². The summed E-state index contributed by atoms with van der Waals surface area (Å²) in [5.41, 5.74) is 4.92. The highest BCUT2D eigenvalue weighted by Gasteiger charge is 2.54. The van der Waals surface area contributed by atoms with Gasteiger partial charge in [-0.25, -0.2) is 19.1 Å². The van der Waals surface area contributed by atoms with Crippen LogP contribution in [0, 0.1) is 0 Å². The van der Waals surface area contributed by atoms with Crippen LogP contribution in [0.3, 0.4) is 0 Å². The van der Waals surface area contributed by atoms with Crippen LogP contribution in [-0.4, -0.2) is 123 Å². The van der Waals surface area contributed by atoms with Gasteiger partial charge in [0, 0.05) is 36.1 Å². The Morgan fingerprint density at radius 2 is 2.00 bits per heavy atom. The topological polar surface area (TPSA) is 268 Å². The Hall–Kier alpha value is -4.51. The minimum Gasteiger partial charge on any atom is -0.477 e. The third-order valence-electron chi connectivity index (χ3n) is 6.87. The maximum Gasteiger partial charge on any atom is 0.407 e. The molecule has 20 nitrogen and oxygen atoms in total. The lowest BCUT2D eigenvalue weighted by Crippen LogP contribution is -2.71. The molecule has 51 heavy (non-hydrogen) atoms. The van der Waals surface area contributed by atoms with E-state index in [1.165, 1.54) is 35.1 Å². The maximum atomic E-state index is 13.4. The van der Waals surface area contributed by atoms with Gasteiger partial charge in [-0.1, -0.05) is 30.3 Å². The molecule has 3 atom stereocenters. The van der Waals surface area contributed by atoms with Crippen LogP contribution in [0.15, 0.2) is 21.6 Å². The van der Waals surface area contributed by atoms with Crippen LogP contribution in [-0.2, 0) is 40.0 Å². The van der Waals surface area contributed by atoms with Crippen LogP contribution < -0.4 is 16.4 Å². The first kappa shape index (κ1) is 39.3. The SMILES string of the molecule is CCCCOC(=O)C(C)ON=C(C(=O)NC1C(=O)N2C(C(=O)O)=C(CSc3nnnn3CCCNC(=O)OC(C)(C)C)CS[C@@H]12)c1nsc(N)n1. The number of carboxylic acid groups (broad SMARTS) is 1. The monoisotopic (exact) mass is 769 g/mol. The number of ether oxygens (including phenoxy) is 2. The maximum absolute atomic E-state index is 13.4. The summed E-state index contributed by atoms with van der Waals surface area (Å²) in [6.07, 6.45) is 0.293. The van der Waals surface area contributed by atoms with Crippen LogP contribution in [0.1, 0.15) is 59.7 Å². The van der Waals surface area contributed by atoms with Gasteiger partial charge in [-0.05, 0) is 56.5 Å². The van der Waals surface area contributed by atoms with E-state index in [1.807, 2.05) is 6.92 Å². The molecule has 4 rings (SSSR count). The van der Waals surface area contributed by atoms with Gasteiger partial charge < -0.3 is 35.8 Å². The average molecular weight is 770 g/mol. The molecule has 2 aromatic rings. The van der Waals surface area contributed by atoms with Gasteiger partial charge in [-0.2, -0.15) is 9.36 Å². The number of carbonyl (C=O) groups is 5. The summed E-state index contributed by atoms with van der Waals surface area (Å²) in [7, 11) is 0. The number of nitrogens with zero attached hydrogens (tertiary/aromatic N) is 8. The molecule has 1 fully saturated rings. The van der Waals surface area contributed by atoms with Gasteiger partial charge in [0.05, 0.1) is 6.61 Å².